The Hall–Kier alpha value is -0.680. The standard InChI is InChI=1S/C8H11FO4/c1-12-8(11)6(9)5-3(10)2-4-7(5)13-4/h3-7,10H,2H2,1H3/t3?,4-,5+,6?,7?/m1/s1. The van der Waals surface area contributed by atoms with Crippen LogP contribution in [0.2, 0.25) is 0 Å². The first-order chi connectivity index (χ1) is 6.15. The maximum Gasteiger partial charge on any atom is 0.340 e. The monoisotopic (exact) mass is 190 g/mol. The minimum Gasteiger partial charge on any atom is -0.467 e. The quantitative estimate of drug-likeness (QED) is 0.477. The number of esters is 1. The zero-order valence-electron chi connectivity index (χ0n) is 7.14. The lowest BCUT2D eigenvalue weighted by atomic mass is 9.99. The summed E-state index contributed by atoms with van der Waals surface area (Å²) in [7, 11) is 1.13. The summed E-state index contributed by atoms with van der Waals surface area (Å²) in [6, 6.07) is 0. The highest BCUT2D eigenvalue weighted by atomic mass is 19.1. The van der Waals surface area contributed by atoms with E-state index in [0.717, 1.165) is 7.11 Å². The molecule has 0 spiro atoms. The number of carbonyl (C=O) groups is 1. The van der Waals surface area contributed by atoms with Gasteiger partial charge < -0.3 is 14.6 Å². The summed E-state index contributed by atoms with van der Waals surface area (Å²) >= 11 is 0. The molecular formula is C8H11FO4. The van der Waals surface area contributed by atoms with Crippen LogP contribution >= 0.6 is 0 Å². The summed E-state index contributed by atoms with van der Waals surface area (Å²) in [4.78, 5) is 10.8. The van der Waals surface area contributed by atoms with E-state index in [0.29, 0.717) is 6.42 Å². The Kier molecular flexibility index (Phi) is 2.00. The van der Waals surface area contributed by atoms with E-state index in [1.54, 1.807) is 0 Å². The van der Waals surface area contributed by atoms with Crippen molar-refractivity contribution in [2.45, 2.75) is 30.9 Å². The van der Waals surface area contributed by atoms with Gasteiger partial charge in [-0.05, 0) is 0 Å². The Labute approximate surface area is 74.6 Å². The largest absolute Gasteiger partial charge is 0.467 e. The Balaban J connectivity index is 2.02. The predicted molar refractivity (Wildman–Crippen MR) is 39.7 cm³/mol. The molecule has 1 aliphatic carbocycles. The van der Waals surface area contributed by atoms with Crippen LogP contribution in [0, 0.1) is 5.92 Å². The van der Waals surface area contributed by atoms with Crippen molar-refractivity contribution < 1.29 is 23.8 Å². The van der Waals surface area contributed by atoms with Gasteiger partial charge in [0.1, 0.15) is 0 Å². The van der Waals surface area contributed by atoms with E-state index in [-0.39, 0.29) is 12.2 Å². The molecule has 4 nitrogen and oxygen atoms in total. The summed E-state index contributed by atoms with van der Waals surface area (Å²) in [5.41, 5.74) is 0. The van der Waals surface area contributed by atoms with Crippen LogP contribution in [0.15, 0.2) is 0 Å². The number of halogens is 1. The number of rotatable bonds is 2. The van der Waals surface area contributed by atoms with Gasteiger partial charge in [0.05, 0.1) is 31.3 Å². The molecule has 74 valence electrons. The van der Waals surface area contributed by atoms with Crippen LogP contribution < -0.4 is 0 Å². The molecule has 1 N–H and O–H groups in total. The van der Waals surface area contributed by atoms with Crippen LogP contribution in [0.3, 0.4) is 0 Å². The fourth-order valence-corrected chi connectivity index (χ4v) is 1.93. The van der Waals surface area contributed by atoms with Crippen LogP contribution in [-0.4, -0.2) is 42.7 Å². The van der Waals surface area contributed by atoms with Gasteiger partial charge in [-0.1, -0.05) is 0 Å². The number of fused-ring (bicyclic) bond motifs is 1. The van der Waals surface area contributed by atoms with Gasteiger partial charge in [-0.15, -0.1) is 0 Å². The number of hydrogen-bond acceptors (Lipinski definition) is 4. The van der Waals surface area contributed by atoms with Crippen molar-refractivity contribution >= 4 is 5.97 Å². The van der Waals surface area contributed by atoms with E-state index < -0.39 is 24.2 Å². The molecular weight excluding hydrogens is 179 g/mol. The summed E-state index contributed by atoms with van der Waals surface area (Å²) in [5.74, 6) is -1.67. The van der Waals surface area contributed by atoms with E-state index in [1.807, 2.05) is 0 Å². The van der Waals surface area contributed by atoms with Crippen LogP contribution in [0.25, 0.3) is 0 Å². The Morgan fingerprint density at radius 2 is 2.46 bits per heavy atom. The third kappa shape index (κ3) is 1.32. The minimum atomic E-state index is -1.77. The molecule has 1 saturated heterocycles. The fraction of sp³-hybridized carbons (Fsp3) is 0.875. The second-order valence-electron chi connectivity index (χ2n) is 3.44. The SMILES string of the molecule is COC(=O)C(F)[C@@H]1C(O)C[C@H]2OC12. The number of aliphatic hydroxyl groups excluding tert-OH is 1. The molecule has 13 heavy (non-hydrogen) atoms. The third-order valence-corrected chi connectivity index (χ3v) is 2.68. The van der Waals surface area contributed by atoms with Crippen molar-refractivity contribution in [2.75, 3.05) is 7.11 Å². The molecule has 0 aromatic rings. The van der Waals surface area contributed by atoms with Crippen LogP contribution in [0.5, 0.6) is 0 Å². The molecule has 2 rings (SSSR count). The van der Waals surface area contributed by atoms with E-state index in [4.69, 9.17) is 4.74 Å². The molecule has 2 aliphatic rings. The lowest BCUT2D eigenvalue weighted by molar-refractivity contribution is -0.151. The molecule has 3 unspecified atom stereocenters. The number of hydrogen-bond donors (Lipinski definition) is 1. The van der Waals surface area contributed by atoms with Gasteiger partial charge in [-0.3, -0.25) is 0 Å². The lowest BCUT2D eigenvalue weighted by Crippen LogP contribution is -2.35. The summed E-state index contributed by atoms with van der Waals surface area (Å²) in [6.07, 6.45) is -2.46. The highest BCUT2D eigenvalue weighted by molar-refractivity contribution is 5.75. The van der Waals surface area contributed by atoms with Crippen LogP contribution in [0.4, 0.5) is 4.39 Å². The van der Waals surface area contributed by atoms with E-state index >= 15 is 0 Å². The Morgan fingerprint density at radius 1 is 1.77 bits per heavy atom. The Morgan fingerprint density at radius 3 is 2.92 bits per heavy atom. The average molecular weight is 190 g/mol. The van der Waals surface area contributed by atoms with Crippen molar-refractivity contribution in [3.05, 3.63) is 0 Å². The molecule has 0 radical (unpaired) electrons. The molecule has 1 saturated carbocycles. The number of ether oxygens (including phenoxy) is 2. The lowest BCUT2D eigenvalue weighted by Gasteiger charge is -2.18. The third-order valence-electron chi connectivity index (χ3n) is 2.68. The van der Waals surface area contributed by atoms with Crippen LogP contribution in [0.1, 0.15) is 6.42 Å². The number of epoxide rings is 1. The highest BCUT2D eigenvalue weighted by Crippen LogP contribution is 2.45. The van der Waals surface area contributed by atoms with Gasteiger partial charge in [0.2, 0.25) is 6.17 Å². The highest BCUT2D eigenvalue weighted by Gasteiger charge is 2.59. The fourth-order valence-electron chi connectivity index (χ4n) is 1.93. The maximum atomic E-state index is 13.3. The van der Waals surface area contributed by atoms with Crippen molar-refractivity contribution in [2.24, 2.45) is 5.92 Å². The molecule has 5 atom stereocenters. The molecule has 1 aliphatic heterocycles. The van der Waals surface area contributed by atoms with Crippen LogP contribution in [-0.2, 0) is 14.3 Å². The molecule has 0 amide bonds. The second-order valence-corrected chi connectivity index (χ2v) is 3.44. The van der Waals surface area contributed by atoms with Crippen molar-refractivity contribution in [1.29, 1.82) is 0 Å². The zero-order chi connectivity index (χ0) is 9.59. The first-order valence-corrected chi connectivity index (χ1v) is 4.20. The first-order valence-electron chi connectivity index (χ1n) is 4.20. The number of carbonyl (C=O) groups excluding carboxylic acids is 1. The normalized spacial score (nSPS) is 43.9. The van der Waals surface area contributed by atoms with Gasteiger partial charge in [-0.2, -0.15) is 0 Å². The average Bonchev–Trinajstić information content (AvgIpc) is 2.76. The van der Waals surface area contributed by atoms with Gasteiger partial charge in [0, 0.05) is 6.42 Å². The molecule has 1 heterocycles. The first kappa shape index (κ1) is 8.90. The van der Waals surface area contributed by atoms with Crippen molar-refractivity contribution in [3.8, 4) is 0 Å². The predicted octanol–water partition coefficient (Wildman–Crippen LogP) is -0.354. The van der Waals surface area contributed by atoms with E-state index in [1.165, 1.54) is 0 Å². The van der Waals surface area contributed by atoms with Gasteiger partial charge >= 0.3 is 5.97 Å². The molecule has 5 heteroatoms. The Bertz CT molecular complexity index is 230. The summed E-state index contributed by atoms with van der Waals surface area (Å²) in [5, 5.41) is 9.38. The summed E-state index contributed by atoms with van der Waals surface area (Å²) in [6.45, 7) is 0. The van der Waals surface area contributed by atoms with Crippen molar-refractivity contribution in [3.63, 3.8) is 0 Å². The maximum absolute atomic E-state index is 13.3. The van der Waals surface area contributed by atoms with E-state index in [2.05, 4.69) is 4.74 Å². The smallest absolute Gasteiger partial charge is 0.340 e. The minimum absolute atomic E-state index is 0.0529. The molecule has 0 aromatic carbocycles. The number of aliphatic hydroxyl groups is 1. The van der Waals surface area contributed by atoms with Gasteiger partial charge in [0.15, 0.2) is 0 Å². The zero-order valence-corrected chi connectivity index (χ0v) is 7.14. The number of methoxy groups -OCH3 is 1. The molecule has 0 bridgehead atoms. The van der Waals surface area contributed by atoms with E-state index in [9.17, 15) is 14.3 Å². The molecule has 2 fully saturated rings. The topological polar surface area (TPSA) is 59.1 Å². The van der Waals surface area contributed by atoms with Crippen molar-refractivity contribution in [1.82, 2.24) is 0 Å². The molecule has 0 aromatic heterocycles. The number of alkyl halides is 1. The van der Waals surface area contributed by atoms with Gasteiger partial charge in [-0.25, -0.2) is 9.18 Å². The van der Waals surface area contributed by atoms with Gasteiger partial charge in [0.25, 0.3) is 0 Å². The summed E-state index contributed by atoms with van der Waals surface area (Å²) < 4.78 is 22.6. The second kappa shape index (κ2) is 2.92.